The summed E-state index contributed by atoms with van der Waals surface area (Å²) in [5.74, 6) is 0. The number of ether oxygens (including phenoxy) is 1. The van der Waals surface area contributed by atoms with Crippen LogP contribution in [0.2, 0.25) is 0 Å². The number of carbonyl (C=O) groups excluding carboxylic acids is 1. The van der Waals surface area contributed by atoms with Crippen LogP contribution in [0.25, 0.3) is 0 Å². The normalized spacial score (nSPS) is 23.7. The summed E-state index contributed by atoms with van der Waals surface area (Å²) < 4.78 is 6.64. The average Bonchev–Trinajstić information content (AvgIpc) is 2.83. The van der Waals surface area contributed by atoms with Crippen LogP contribution in [0.3, 0.4) is 0 Å². The van der Waals surface area contributed by atoms with E-state index in [0.717, 1.165) is 23.9 Å². The Balaban J connectivity index is 1.87. The van der Waals surface area contributed by atoms with E-state index in [9.17, 15) is 4.79 Å². The van der Waals surface area contributed by atoms with Crippen molar-refractivity contribution in [1.29, 1.82) is 0 Å². The monoisotopic (exact) mass is 402 g/mol. The van der Waals surface area contributed by atoms with Crippen molar-refractivity contribution in [1.82, 2.24) is 10.2 Å². The van der Waals surface area contributed by atoms with Gasteiger partial charge < -0.3 is 15.0 Å². The number of rotatable bonds is 3. The van der Waals surface area contributed by atoms with Crippen molar-refractivity contribution in [3.05, 3.63) is 20.8 Å². The van der Waals surface area contributed by atoms with Gasteiger partial charge in [-0.1, -0.05) is 0 Å². The average molecular weight is 403 g/mol. The van der Waals surface area contributed by atoms with Crippen LogP contribution in [0.4, 0.5) is 4.79 Å². The highest BCUT2D eigenvalue weighted by molar-refractivity contribution is 9.10. The molecule has 0 saturated carbocycles. The topological polar surface area (TPSA) is 41.6 Å². The van der Waals surface area contributed by atoms with Crippen LogP contribution in [0.15, 0.2) is 15.9 Å². The lowest BCUT2D eigenvalue weighted by Crippen LogP contribution is -2.51. The summed E-state index contributed by atoms with van der Waals surface area (Å²) in [4.78, 5) is 15.4. The van der Waals surface area contributed by atoms with Crippen molar-refractivity contribution >= 4 is 33.4 Å². The quantitative estimate of drug-likeness (QED) is 0.777. The Morgan fingerprint density at radius 3 is 2.74 bits per heavy atom. The zero-order chi connectivity index (χ0) is 17.2. The van der Waals surface area contributed by atoms with Crippen molar-refractivity contribution in [3.8, 4) is 0 Å². The molecule has 1 aliphatic heterocycles. The molecule has 1 aliphatic rings. The smallest absolute Gasteiger partial charge is 0.410 e. The van der Waals surface area contributed by atoms with Gasteiger partial charge in [-0.3, -0.25) is 0 Å². The van der Waals surface area contributed by atoms with E-state index in [4.69, 9.17) is 4.74 Å². The predicted octanol–water partition coefficient (Wildman–Crippen LogP) is 4.95. The Hall–Kier alpha value is -0.590. The number of hydrogen-bond acceptors (Lipinski definition) is 4. The minimum atomic E-state index is -0.438. The molecule has 23 heavy (non-hydrogen) atoms. The number of piperidine rings is 1. The highest BCUT2D eigenvalue weighted by Gasteiger charge is 2.32. The summed E-state index contributed by atoms with van der Waals surface area (Å²) in [5, 5.41) is 5.81. The summed E-state index contributed by atoms with van der Waals surface area (Å²) >= 11 is 5.27. The van der Waals surface area contributed by atoms with E-state index >= 15 is 0 Å². The van der Waals surface area contributed by atoms with Crippen LogP contribution < -0.4 is 5.32 Å². The highest BCUT2D eigenvalue weighted by Crippen LogP contribution is 2.27. The fourth-order valence-electron chi connectivity index (χ4n) is 2.91. The Bertz CT molecular complexity index is 541. The molecule has 3 atom stereocenters. The Morgan fingerprint density at radius 1 is 1.52 bits per heavy atom. The molecule has 0 aromatic carbocycles. The fraction of sp³-hybridized carbons (Fsp3) is 0.706. The van der Waals surface area contributed by atoms with Gasteiger partial charge in [0, 0.05) is 39.4 Å². The fourth-order valence-corrected chi connectivity index (χ4v) is 4.37. The van der Waals surface area contributed by atoms with Crippen LogP contribution in [0.1, 0.15) is 58.4 Å². The van der Waals surface area contributed by atoms with Crippen LogP contribution in [0.5, 0.6) is 0 Å². The molecule has 1 N–H and O–H groups in total. The first kappa shape index (κ1) is 18.7. The predicted molar refractivity (Wildman–Crippen MR) is 99.0 cm³/mol. The van der Waals surface area contributed by atoms with E-state index in [0.29, 0.717) is 12.1 Å². The first-order chi connectivity index (χ1) is 10.7. The summed E-state index contributed by atoms with van der Waals surface area (Å²) in [6.07, 6.45) is 1.72. The third-order valence-corrected chi connectivity index (χ3v) is 5.88. The van der Waals surface area contributed by atoms with Crippen molar-refractivity contribution in [3.63, 3.8) is 0 Å². The Kier molecular flexibility index (Phi) is 6.14. The van der Waals surface area contributed by atoms with Gasteiger partial charge in [0.25, 0.3) is 0 Å². The molecular formula is C17H27BrN2O2S. The van der Waals surface area contributed by atoms with E-state index in [1.807, 2.05) is 25.7 Å². The minimum absolute atomic E-state index is 0.193. The van der Waals surface area contributed by atoms with Gasteiger partial charge in [-0.2, -0.15) is 0 Å². The van der Waals surface area contributed by atoms with E-state index in [-0.39, 0.29) is 12.1 Å². The number of halogens is 1. The molecule has 0 spiro atoms. The van der Waals surface area contributed by atoms with Crippen molar-refractivity contribution < 1.29 is 9.53 Å². The van der Waals surface area contributed by atoms with Gasteiger partial charge >= 0.3 is 6.09 Å². The van der Waals surface area contributed by atoms with E-state index < -0.39 is 5.60 Å². The maximum atomic E-state index is 12.3. The number of nitrogens with zero attached hydrogens (tertiary/aromatic N) is 1. The first-order valence-electron chi connectivity index (χ1n) is 8.15. The van der Waals surface area contributed by atoms with Gasteiger partial charge in [0.15, 0.2) is 0 Å². The molecule has 0 aliphatic carbocycles. The van der Waals surface area contributed by atoms with Crippen LogP contribution in [-0.2, 0) is 4.74 Å². The summed E-state index contributed by atoms with van der Waals surface area (Å²) in [6.45, 7) is 10.8. The Labute approximate surface area is 151 Å². The molecule has 1 saturated heterocycles. The summed E-state index contributed by atoms with van der Waals surface area (Å²) in [5.41, 5.74) is -0.438. The Morgan fingerprint density at radius 2 is 2.22 bits per heavy atom. The molecule has 1 aromatic rings. The number of likely N-dealkylation sites (tertiary alicyclic amines) is 1. The third kappa shape index (κ3) is 5.47. The molecule has 2 heterocycles. The van der Waals surface area contributed by atoms with Crippen molar-refractivity contribution in [2.45, 2.75) is 71.2 Å². The second-order valence-electron chi connectivity index (χ2n) is 7.30. The second-order valence-corrected chi connectivity index (χ2v) is 9.16. The van der Waals surface area contributed by atoms with Gasteiger partial charge in [-0.25, -0.2) is 4.79 Å². The molecule has 1 aromatic heterocycles. The standard InChI is InChI=1S/C17H27BrN2O2S/c1-11-8-14(19-12(2)15-9-13(18)10-23-15)6-7-20(11)16(21)22-17(3,4)5/h9-12,14,19H,6-8H2,1-5H3. The van der Waals surface area contributed by atoms with Crippen LogP contribution >= 0.6 is 27.3 Å². The lowest BCUT2D eigenvalue weighted by atomic mass is 9.98. The largest absolute Gasteiger partial charge is 0.444 e. The highest BCUT2D eigenvalue weighted by atomic mass is 79.9. The van der Waals surface area contributed by atoms with Gasteiger partial charge in [-0.05, 0) is 69.5 Å². The zero-order valence-electron chi connectivity index (χ0n) is 14.6. The summed E-state index contributed by atoms with van der Waals surface area (Å²) in [6, 6.07) is 3.12. The van der Waals surface area contributed by atoms with Crippen molar-refractivity contribution in [2.75, 3.05) is 6.54 Å². The van der Waals surface area contributed by atoms with Crippen molar-refractivity contribution in [2.24, 2.45) is 0 Å². The maximum Gasteiger partial charge on any atom is 0.410 e. The molecule has 1 fully saturated rings. The summed E-state index contributed by atoms with van der Waals surface area (Å²) in [7, 11) is 0. The zero-order valence-corrected chi connectivity index (χ0v) is 17.0. The van der Waals surface area contributed by atoms with Gasteiger partial charge in [0.05, 0.1) is 0 Å². The van der Waals surface area contributed by atoms with E-state index in [1.165, 1.54) is 4.88 Å². The van der Waals surface area contributed by atoms with Crippen LogP contribution in [0, 0.1) is 0 Å². The van der Waals surface area contributed by atoms with Gasteiger partial charge in [-0.15, -0.1) is 11.3 Å². The molecule has 0 radical (unpaired) electrons. The third-order valence-electron chi connectivity index (χ3n) is 4.00. The molecule has 1 amide bonds. The molecule has 4 nitrogen and oxygen atoms in total. The number of nitrogens with one attached hydrogen (secondary N) is 1. The minimum Gasteiger partial charge on any atom is -0.444 e. The number of carbonyl (C=O) groups is 1. The second kappa shape index (κ2) is 7.53. The molecule has 6 heteroatoms. The molecule has 130 valence electrons. The lowest BCUT2D eigenvalue weighted by molar-refractivity contribution is 0.00907. The van der Waals surface area contributed by atoms with E-state index in [2.05, 4.69) is 46.5 Å². The number of thiophene rings is 1. The lowest BCUT2D eigenvalue weighted by Gasteiger charge is -2.39. The maximum absolute atomic E-state index is 12.3. The molecule has 2 rings (SSSR count). The SMILES string of the molecule is CC(NC1CCN(C(=O)OC(C)(C)C)C(C)C1)c1cc(Br)cs1. The molecular weight excluding hydrogens is 376 g/mol. The van der Waals surface area contributed by atoms with E-state index in [1.54, 1.807) is 11.3 Å². The first-order valence-corrected chi connectivity index (χ1v) is 9.82. The van der Waals surface area contributed by atoms with Gasteiger partial charge in [0.1, 0.15) is 5.60 Å². The molecule has 0 bridgehead atoms. The number of amides is 1. The molecule has 3 unspecified atom stereocenters. The number of hydrogen-bond donors (Lipinski definition) is 1. The van der Waals surface area contributed by atoms with Gasteiger partial charge in [0.2, 0.25) is 0 Å². The van der Waals surface area contributed by atoms with Crippen LogP contribution in [-0.4, -0.2) is 35.2 Å².